The number of rotatable bonds is 7. The van der Waals surface area contributed by atoms with E-state index in [4.69, 9.17) is 5.11 Å². The summed E-state index contributed by atoms with van der Waals surface area (Å²) in [7, 11) is 0. The van der Waals surface area contributed by atoms with Gasteiger partial charge in [-0.15, -0.1) is 0 Å². The van der Waals surface area contributed by atoms with Crippen molar-refractivity contribution in [3.8, 4) is 0 Å². The van der Waals surface area contributed by atoms with E-state index < -0.39 is 0 Å². The molecule has 3 N–H and O–H groups in total. The fraction of sp³-hybridized carbons (Fsp3) is 0.909. The van der Waals surface area contributed by atoms with Crippen molar-refractivity contribution in [3.05, 3.63) is 0 Å². The van der Waals surface area contributed by atoms with E-state index in [0.717, 1.165) is 43.9 Å². The molecule has 0 bridgehead atoms. The molecule has 0 radical (unpaired) electrons. The summed E-state index contributed by atoms with van der Waals surface area (Å²) in [6.07, 6.45) is 4.13. The van der Waals surface area contributed by atoms with Gasteiger partial charge in [-0.25, -0.2) is 0 Å². The third-order valence-corrected chi connectivity index (χ3v) is 3.69. The smallest absolute Gasteiger partial charge is 0.237 e. The Labute approximate surface area is 102 Å². The quantitative estimate of drug-likeness (QED) is 0.568. The van der Waals surface area contributed by atoms with Gasteiger partial charge in [0.2, 0.25) is 5.91 Å². The van der Waals surface area contributed by atoms with Crippen LogP contribution in [-0.4, -0.2) is 48.3 Å². The Bertz CT molecular complexity index is 196. The minimum Gasteiger partial charge on any atom is -0.396 e. The van der Waals surface area contributed by atoms with Gasteiger partial charge in [-0.05, 0) is 31.6 Å². The van der Waals surface area contributed by atoms with Gasteiger partial charge in [0.05, 0.1) is 6.04 Å². The number of aliphatic hydroxyl groups is 1. The molecule has 4 nitrogen and oxygen atoms in total. The van der Waals surface area contributed by atoms with Crippen LogP contribution in [0.15, 0.2) is 0 Å². The van der Waals surface area contributed by atoms with E-state index in [0.29, 0.717) is 0 Å². The summed E-state index contributed by atoms with van der Waals surface area (Å²) in [4.78, 5) is 11.7. The van der Waals surface area contributed by atoms with Crippen molar-refractivity contribution in [1.82, 2.24) is 10.6 Å². The van der Waals surface area contributed by atoms with Gasteiger partial charge in [0.25, 0.3) is 0 Å². The highest BCUT2D eigenvalue weighted by Crippen LogP contribution is 2.06. The Hall–Kier alpha value is -0.260. The van der Waals surface area contributed by atoms with E-state index in [2.05, 4.69) is 10.6 Å². The molecule has 5 heteroatoms. The van der Waals surface area contributed by atoms with Gasteiger partial charge in [0.1, 0.15) is 0 Å². The topological polar surface area (TPSA) is 61.4 Å². The molecule has 1 saturated heterocycles. The maximum absolute atomic E-state index is 11.7. The monoisotopic (exact) mass is 246 g/mol. The molecule has 1 rings (SSSR count). The van der Waals surface area contributed by atoms with Crippen LogP contribution in [0, 0.1) is 0 Å². The van der Waals surface area contributed by atoms with E-state index in [1.165, 1.54) is 6.42 Å². The number of carbonyl (C=O) groups excluding carboxylic acids is 1. The van der Waals surface area contributed by atoms with Crippen LogP contribution in [0.4, 0.5) is 0 Å². The third-order valence-electron chi connectivity index (χ3n) is 2.62. The molecular formula is C11H22N2O2S. The normalized spacial score (nSPS) is 20.7. The predicted molar refractivity (Wildman–Crippen MR) is 67.7 cm³/mol. The summed E-state index contributed by atoms with van der Waals surface area (Å²) in [6.45, 7) is 1.95. The zero-order valence-corrected chi connectivity index (χ0v) is 10.5. The first-order valence-corrected chi connectivity index (χ1v) is 7.20. The highest BCUT2D eigenvalue weighted by atomic mass is 32.2. The minimum atomic E-state index is 0.0243. The minimum absolute atomic E-state index is 0.0243. The van der Waals surface area contributed by atoms with Gasteiger partial charge < -0.3 is 15.7 Å². The van der Waals surface area contributed by atoms with Crippen LogP contribution in [0.5, 0.6) is 0 Å². The summed E-state index contributed by atoms with van der Waals surface area (Å²) in [5, 5.41) is 14.8. The van der Waals surface area contributed by atoms with Gasteiger partial charge in [0, 0.05) is 18.9 Å². The standard InChI is InChI=1S/C11H22N2O2S/c14-7-3-8-16-9-6-13-11(15)10-4-1-2-5-12-10/h10,12,14H,1-9H2,(H,13,15)/t10-/m0/s1. The van der Waals surface area contributed by atoms with Crippen LogP contribution < -0.4 is 10.6 Å². The molecule has 1 amide bonds. The molecule has 1 atom stereocenters. The Morgan fingerprint density at radius 3 is 3.00 bits per heavy atom. The van der Waals surface area contributed by atoms with Crippen molar-refractivity contribution in [2.75, 3.05) is 31.2 Å². The third kappa shape index (κ3) is 5.72. The fourth-order valence-corrected chi connectivity index (χ4v) is 2.50. The number of aliphatic hydroxyl groups excluding tert-OH is 1. The number of hydrogen-bond acceptors (Lipinski definition) is 4. The van der Waals surface area contributed by atoms with Crippen LogP contribution in [0.25, 0.3) is 0 Å². The summed E-state index contributed by atoms with van der Waals surface area (Å²) in [6, 6.07) is 0.0243. The number of thioether (sulfide) groups is 1. The zero-order valence-electron chi connectivity index (χ0n) is 9.71. The lowest BCUT2D eigenvalue weighted by Gasteiger charge is -2.22. The van der Waals surface area contributed by atoms with Crippen LogP contribution >= 0.6 is 11.8 Å². The number of carbonyl (C=O) groups is 1. The highest BCUT2D eigenvalue weighted by Gasteiger charge is 2.19. The Balaban J connectivity index is 1.97. The first kappa shape index (κ1) is 13.8. The van der Waals surface area contributed by atoms with Gasteiger partial charge in [-0.2, -0.15) is 11.8 Å². The van der Waals surface area contributed by atoms with Crippen LogP contribution in [0.2, 0.25) is 0 Å². The molecule has 1 aliphatic heterocycles. The first-order valence-electron chi connectivity index (χ1n) is 6.04. The Morgan fingerprint density at radius 2 is 2.31 bits per heavy atom. The SMILES string of the molecule is O=C(NCCSCCCO)[C@@H]1CCCCN1. The molecule has 0 aromatic carbocycles. The second-order valence-electron chi connectivity index (χ2n) is 3.98. The molecule has 1 fully saturated rings. The van der Waals surface area contributed by atoms with Crippen molar-refractivity contribution in [3.63, 3.8) is 0 Å². The summed E-state index contributed by atoms with van der Waals surface area (Å²) >= 11 is 1.77. The van der Waals surface area contributed by atoms with Crippen LogP contribution in [-0.2, 0) is 4.79 Å². The van der Waals surface area contributed by atoms with Crippen molar-refractivity contribution < 1.29 is 9.90 Å². The molecule has 0 saturated carbocycles. The number of amides is 1. The summed E-state index contributed by atoms with van der Waals surface area (Å²) < 4.78 is 0. The summed E-state index contributed by atoms with van der Waals surface area (Å²) in [5.41, 5.74) is 0. The molecule has 0 aliphatic carbocycles. The molecule has 16 heavy (non-hydrogen) atoms. The van der Waals surface area contributed by atoms with E-state index in [1.807, 2.05) is 0 Å². The maximum Gasteiger partial charge on any atom is 0.237 e. The van der Waals surface area contributed by atoms with E-state index in [1.54, 1.807) is 11.8 Å². The van der Waals surface area contributed by atoms with Crippen LogP contribution in [0.3, 0.4) is 0 Å². The zero-order chi connectivity index (χ0) is 11.6. The number of hydrogen-bond donors (Lipinski definition) is 3. The Kier molecular flexibility index (Phi) is 7.63. The van der Waals surface area contributed by atoms with E-state index >= 15 is 0 Å². The number of piperidine rings is 1. The van der Waals surface area contributed by atoms with Gasteiger partial charge in [-0.3, -0.25) is 4.79 Å². The lowest BCUT2D eigenvalue weighted by atomic mass is 10.0. The fourth-order valence-electron chi connectivity index (χ4n) is 1.71. The van der Waals surface area contributed by atoms with E-state index in [-0.39, 0.29) is 18.6 Å². The molecular weight excluding hydrogens is 224 g/mol. The van der Waals surface area contributed by atoms with Gasteiger partial charge >= 0.3 is 0 Å². The molecule has 0 aromatic heterocycles. The highest BCUT2D eigenvalue weighted by molar-refractivity contribution is 7.99. The maximum atomic E-state index is 11.7. The lowest BCUT2D eigenvalue weighted by molar-refractivity contribution is -0.123. The summed E-state index contributed by atoms with van der Waals surface area (Å²) in [5.74, 6) is 2.04. The van der Waals surface area contributed by atoms with Crippen molar-refractivity contribution >= 4 is 17.7 Å². The number of nitrogens with one attached hydrogen (secondary N) is 2. The van der Waals surface area contributed by atoms with Gasteiger partial charge in [0.15, 0.2) is 0 Å². The molecule has 0 unspecified atom stereocenters. The van der Waals surface area contributed by atoms with Gasteiger partial charge in [-0.1, -0.05) is 6.42 Å². The molecule has 0 spiro atoms. The lowest BCUT2D eigenvalue weighted by Crippen LogP contribution is -2.47. The first-order chi connectivity index (χ1) is 7.84. The molecule has 0 aromatic rings. The van der Waals surface area contributed by atoms with Crippen molar-refractivity contribution in [2.45, 2.75) is 31.7 Å². The van der Waals surface area contributed by atoms with Crippen molar-refractivity contribution in [2.24, 2.45) is 0 Å². The molecule has 1 heterocycles. The Morgan fingerprint density at radius 1 is 1.44 bits per heavy atom. The van der Waals surface area contributed by atoms with Crippen molar-refractivity contribution in [1.29, 1.82) is 0 Å². The second-order valence-corrected chi connectivity index (χ2v) is 5.21. The largest absolute Gasteiger partial charge is 0.396 e. The average molecular weight is 246 g/mol. The van der Waals surface area contributed by atoms with Crippen LogP contribution in [0.1, 0.15) is 25.7 Å². The second kappa shape index (κ2) is 8.84. The molecule has 94 valence electrons. The predicted octanol–water partition coefficient (Wildman–Crippen LogP) is 0.360. The molecule has 1 aliphatic rings. The van der Waals surface area contributed by atoms with E-state index in [9.17, 15) is 4.79 Å². The average Bonchev–Trinajstić information content (AvgIpc) is 2.34.